The molecule has 200 valence electrons. The van der Waals surface area contributed by atoms with Crippen LogP contribution in [0.3, 0.4) is 0 Å². The smallest absolute Gasteiger partial charge is 0.243 e. The van der Waals surface area contributed by atoms with Crippen molar-refractivity contribution in [3.8, 4) is 11.1 Å². The minimum atomic E-state index is -3.48. The second-order valence-corrected chi connectivity index (χ2v) is 13.9. The predicted octanol–water partition coefficient (Wildman–Crippen LogP) is 8.09. The molecule has 1 aliphatic heterocycles. The maximum atomic E-state index is 15.8. The second-order valence-electron chi connectivity index (χ2n) is 11.0. The lowest BCUT2D eigenvalue weighted by Crippen LogP contribution is -2.33. The third kappa shape index (κ3) is 3.96. The molecule has 0 amide bonds. The maximum Gasteiger partial charge on any atom is 0.243 e. The van der Waals surface area contributed by atoms with Crippen LogP contribution < -0.4 is 10.6 Å². The van der Waals surface area contributed by atoms with Gasteiger partial charge in [0.1, 0.15) is 5.66 Å². The van der Waals surface area contributed by atoms with Gasteiger partial charge >= 0.3 is 0 Å². The monoisotopic (exact) mass is 551 g/mol. The molecule has 0 radical (unpaired) electrons. The number of carbonyl (C=O) groups is 1. The summed E-state index contributed by atoms with van der Waals surface area (Å²) in [5.74, 6) is -0.518. The minimum Gasteiger partial charge on any atom is -0.313 e. The van der Waals surface area contributed by atoms with E-state index in [0.29, 0.717) is 10.6 Å². The fraction of sp³-hybridized carbons (Fsp3) is 0.108. The highest BCUT2D eigenvalue weighted by Gasteiger charge is 2.54. The van der Waals surface area contributed by atoms with Gasteiger partial charge < -0.3 is 4.57 Å². The van der Waals surface area contributed by atoms with Crippen molar-refractivity contribution in [1.29, 1.82) is 0 Å². The van der Waals surface area contributed by atoms with Gasteiger partial charge in [-0.2, -0.15) is 0 Å². The van der Waals surface area contributed by atoms with Crippen molar-refractivity contribution in [1.82, 2.24) is 4.57 Å². The zero-order chi connectivity index (χ0) is 28.1. The standard InChI is InChI=1S/C37H30NO2P/c1-25-18-21-28(22-19-25)33-31-24-26(2)20-23-32(31)38-35(33)34(27-12-6-3-7-13-27)36(37(38)39)41(40,29-14-8-4-9-15-29)30-16-10-5-11-17-30/h3-24,34,36H,1-2H3/t34-,36+/m1/s1. The lowest BCUT2D eigenvalue weighted by Gasteiger charge is -2.29. The van der Waals surface area contributed by atoms with Gasteiger partial charge in [-0.15, -0.1) is 0 Å². The molecule has 0 aliphatic carbocycles. The van der Waals surface area contributed by atoms with E-state index in [1.165, 1.54) is 5.56 Å². The van der Waals surface area contributed by atoms with Crippen molar-refractivity contribution in [3.05, 3.63) is 156 Å². The third-order valence-corrected chi connectivity index (χ3v) is 11.8. The molecule has 0 bridgehead atoms. The molecule has 2 heterocycles. The molecule has 0 unspecified atom stereocenters. The van der Waals surface area contributed by atoms with Gasteiger partial charge in [-0.3, -0.25) is 9.36 Å². The Morgan fingerprint density at radius 1 is 0.634 bits per heavy atom. The van der Waals surface area contributed by atoms with Crippen molar-refractivity contribution in [2.45, 2.75) is 25.4 Å². The van der Waals surface area contributed by atoms with Crippen molar-refractivity contribution >= 4 is 34.6 Å². The quantitative estimate of drug-likeness (QED) is 0.203. The Morgan fingerprint density at radius 2 is 1.17 bits per heavy atom. The molecular formula is C37H30NO2P. The molecule has 4 heteroatoms. The fourth-order valence-electron chi connectivity index (χ4n) is 6.54. The van der Waals surface area contributed by atoms with Crippen LogP contribution in [0.25, 0.3) is 22.0 Å². The molecule has 3 nitrogen and oxygen atoms in total. The van der Waals surface area contributed by atoms with Crippen LogP contribution in [0.5, 0.6) is 0 Å². The lowest BCUT2D eigenvalue weighted by molar-refractivity contribution is 0.0929. The first-order valence-corrected chi connectivity index (χ1v) is 15.8. The molecule has 41 heavy (non-hydrogen) atoms. The number of aryl methyl sites for hydroxylation is 2. The molecule has 0 fully saturated rings. The van der Waals surface area contributed by atoms with Crippen LogP contribution in [0.15, 0.2) is 133 Å². The lowest BCUT2D eigenvalue weighted by atomic mass is 9.88. The zero-order valence-electron chi connectivity index (χ0n) is 23.1. The van der Waals surface area contributed by atoms with E-state index in [1.54, 1.807) is 0 Å². The van der Waals surface area contributed by atoms with Gasteiger partial charge in [-0.05, 0) is 37.1 Å². The molecule has 6 aromatic rings. The number of hydrogen-bond acceptors (Lipinski definition) is 2. The van der Waals surface area contributed by atoms with E-state index in [2.05, 4.69) is 62.4 Å². The van der Waals surface area contributed by atoms with E-state index in [0.717, 1.165) is 38.9 Å². The van der Waals surface area contributed by atoms with E-state index in [4.69, 9.17) is 0 Å². The maximum absolute atomic E-state index is 15.8. The first-order valence-electron chi connectivity index (χ1n) is 14.0. The van der Waals surface area contributed by atoms with Crippen LogP contribution in [0, 0.1) is 13.8 Å². The molecule has 7 rings (SSSR count). The summed E-state index contributed by atoms with van der Waals surface area (Å²) in [5, 5.41) is 2.45. The van der Waals surface area contributed by atoms with E-state index in [-0.39, 0.29) is 5.91 Å². The molecule has 0 N–H and O–H groups in total. The third-order valence-electron chi connectivity index (χ3n) is 8.41. The van der Waals surface area contributed by atoms with Crippen LogP contribution in [0.1, 0.15) is 33.1 Å². The second kappa shape index (κ2) is 9.87. The van der Waals surface area contributed by atoms with Gasteiger partial charge in [0.05, 0.1) is 5.52 Å². The summed E-state index contributed by atoms with van der Waals surface area (Å²) in [6.07, 6.45) is 0. The average molecular weight is 552 g/mol. The summed E-state index contributed by atoms with van der Waals surface area (Å²) in [5.41, 5.74) is 6.39. The van der Waals surface area contributed by atoms with E-state index in [9.17, 15) is 4.79 Å². The largest absolute Gasteiger partial charge is 0.313 e. The van der Waals surface area contributed by atoms with Crippen molar-refractivity contribution in [2.75, 3.05) is 0 Å². The van der Waals surface area contributed by atoms with Gasteiger partial charge in [0.2, 0.25) is 5.91 Å². The van der Waals surface area contributed by atoms with Crippen molar-refractivity contribution in [2.24, 2.45) is 0 Å². The Labute approximate surface area is 240 Å². The number of nitrogens with zero attached hydrogens (tertiary/aromatic N) is 1. The number of fused-ring (bicyclic) bond motifs is 3. The van der Waals surface area contributed by atoms with Crippen LogP contribution in [-0.4, -0.2) is 16.1 Å². The predicted molar refractivity (Wildman–Crippen MR) is 169 cm³/mol. The van der Waals surface area contributed by atoms with Gasteiger partial charge in [-0.1, -0.05) is 132 Å². The number of hydrogen-bond donors (Lipinski definition) is 0. The molecule has 1 aromatic heterocycles. The molecule has 5 aromatic carbocycles. The normalized spacial score (nSPS) is 16.7. The van der Waals surface area contributed by atoms with E-state index >= 15 is 4.57 Å². The molecular weight excluding hydrogens is 521 g/mol. The summed E-state index contributed by atoms with van der Waals surface area (Å²) in [6.45, 7) is 4.16. The Hall–Kier alpha value is -4.46. The fourth-order valence-corrected chi connectivity index (χ4v) is 9.87. The van der Waals surface area contributed by atoms with Gasteiger partial charge in [0, 0.05) is 33.2 Å². The summed E-state index contributed by atoms with van der Waals surface area (Å²) < 4.78 is 17.7. The minimum absolute atomic E-state index is 0.114. The molecule has 2 atom stereocenters. The van der Waals surface area contributed by atoms with Crippen molar-refractivity contribution < 1.29 is 9.36 Å². The average Bonchev–Trinajstić information content (AvgIpc) is 3.50. The SMILES string of the molecule is Cc1ccc(-c2c3n(c4ccc(C)cc24)C(=O)[C@@H](P(=O)(c2ccccc2)c2ccccc2)[C@@H]3c2ccccc2)cc1. The van der Waals surface area contributed by atoms with Crippen LogP contribution in [0.4, 0.5) is 0 Å². The van der Waals surface area contributed by atoms with Crippen LogP contribution >= 0.6 is 7.14 Å². The van der Waals surface area contributed by atoms with Gasteiger partial charge in [0.25, 0.3) is 0 Å². The molecule has 0 spiro atoms. The Morgan fingerprint density at radius 3 is 1.76 bits per heavy atom. The van der Waals surface area contributed by atoms with E-state index < -0.39 is 18.7 Å². The Bertz CT molecular complexity index is 1900. The summed E-state index contributed by atoms with van der Waals surface area (Å²) in [4.78, 5) is 15.0. The van der Waals surface area contributed by atoms with E-state index in [1.807, 2.05) is 89.5 Å². The number of aromatic nitrogens is 1. The number of benzene rings is 5. The Kier molecular flexibility index (Phi) is 6.14. The first kappa shape index (κ1) is 25.5. The summed E-state index contributed by atoms with van der Waals surface area (Å²) >= 11 is 0. The highest BCUT2D eigenvalue weighted by atomic mass is 31.2. The Balaban J connectivity index is 1.60. The molecule has 1 aliphatic rings. The zero-order valence-corrected chi connectivity index (χ0v) is 24.0. The van der Waals surface area contributed by atoms with Gasteiger partial charge in [-0.25, -0.2) is 0 Å². The first-order chi connectivity index (χ1) is 20.0. The van der Waals surface area contributed by atoms with Crippen LogP contribution in [0.2, 0.25) is 0 Å². The number of carbonyl (C=O) groups excluding carboxylic acids is 1. The topological polar surface area (TPSA) is 39.1 Å². The summed E-state index contributed by atoms with van der Waals surface area (Å²) in [6, 6.07) is 44.1. The molecule has 0 saturated heterocycles. The highest BCUT2D eigenvalue weighted by Crippen LogP contribution is 2.60. The van der Waals surface area contributed by atoms with Gasteiger partial charge in [0.15, 0.2) is 7.14 Å². The highest BCUT2D eigenvalue weighted by molar-refractivity contribution is 7.80. The summed E-state index contributed by atoms with van der Waals surface area (Å²) in [7, 11) is -3.48. The van der Waals surface area contributed by atoms with Crippen LogP contribution in [-0.2, 0) is 4.57 Å². The molecule has 0 saturated carbocycles. The number of rotatable bonds is 5. The van der Waals surface area contributed by atoms with Crippen molar-refractivity contribution in [3.63, 3.8) is 0 Å².